The summed E-state index contributed by atoms with van der Waals surface area (Å²) in [5, 5.41) is -5.62. The van der Waals surface area contributed by atoms with Crippen molar-refractivity contribution < 1.29 is 160 Å². The largest absolute Gasteiger partial charge is 3.00 e. The van der Waals surface area contributed by atoms with Gasteiger partial charge in [0.15, 0.2) is 0 Å². The Morgan fingerprint density at radius 1 is 0.310 bits per heavy atom. The molecule has 26 heteroatoms. The fourth-order valence-corrected chi connectivity index (χ4v) is 4.77. The first-order valence-corrected chi connectivity index (χ1v) is 14.2. The number of hydrogen-bond acceptors (Lipinski definition) is 18. The van der Waals surface area contributed by atoms with E-state index in [0.29, 0.717) is 0 Å². The SMILES string of the molecule is O=S(=O)([O-])CS(=O)(=O)[O-].O=S(=O)([O-])CS(=O)(=O)[O-].O=S(=O)([O-])CS(=O)(=O)[O-].[Pr+3].[Pr+3]. The summed E-state index contributed by atoms with van der Waals surface area (Å²) >= 11 is 0. The third-order valence-corrected chi connectivity index (χ3v) is 7.79. The predicted octanol–water partition coefficient (Wildman–Crippen LogP) is -5.90. The van der Waals surface area contributed by atoms with E-state index in [1.165, 1.54) is 0 Å². The Labute approximate surface area is 232 Å². The summed E-state index contributed by atoms with van der Waals surface area (Å²) in [4.78, 5) is 0. The molecule has 0 aliphatic carbocycles. The van der Waals surface area contributed by atoms with Crippen LogP contribution in [-0.4, -0.2) is 93.1 Å². The molecule has 0 radical (unpaired) electrons. The number of hydrogen-bond donors (Lipinski definition) is 0. The Morgan fingerprint density at radius 2 is 0.379 bits per heavy atom. The van der Waals surface area contributed by atoms with E-state index in [0.717, 1.165) is 0 Å². The third kappa shape index (κ3) is 58.9. The van der Waals surface area contributed by atoms with E-state index >= 15 is 0 Å². The van der Waals surface area contributed by atoms with Gasteiger partial charge in [-0.3, -0.25) is 0 Å². The normalized spacial score (nSPS) is 12.6. The summed E-state index contributed by atoms with van der Waals surface area (Å²) in [6.07, 6.45) is 0. The average molecular weight is 804 g/mol. The maximum absolute atomic E-state index is 9.51. The average Bonchev–Trinajstić information content (AvgIpc) is 1.96. The van der Waals surface area contributed by atoms with Crippen LogP contribution in [0, 0.1) is 82.6 Å². The fraction of sp³-hybridized carbons (Fsp3) is 1.00. The topological polar surface area (TPSA) is 343 Å². The van der Waals surface area contributed by atoms with E-state index in [1.807, 2.05) is 0 Å². The van der Waals surface area contributed by atoms with Crippen molar-refractivity contribution in [2.75, 3.05) is 15.3 Å². The van der Waals surface area contributed by atoms with Crippen molar-refractivity contribution in [3.63, 3.8) is 0 Å². The van der Waals surface area contributed by atoms with Crippen LogP contribution >= 0.6 is 0 Å². The van der Waals surface area contributed by atoms with Gasteiger partial charge in [-0.05, 0) is 0 Å². The molecule has 0 saturated heterocycles. The van der Waals surface area contributed by atoms with Gasteiger partial charge >= 0.3 is 82.6 Å². The zero-order valence-corrected chi connectivity index (χ0v) is 25.4. The van der Waals surface area contributed by atoms with Crippen molar-refractivity contribution >= 4 is 60.7 Å². The minimum atomic E-state index is -4.93. The molecule has 18 nitrogen and oxygen atoms in total. The van der Waals surface area contributed by atoms with Gasteiger partial charge < -0.3 is 27.3 Å². The summed E-state index contributed by atoms with van der Waals surface area (Å²) in [5.74, 6) is 0. The van der Waals surface area contributed by atoms with Crippen molar-refractivity contribution in [3.8, 4) is 0 Å². The standard InChI is InChI=1S/3CH4O6S2.2Pr/c3*2-8(3,4)1-9(5,6)7;;/h3*1H2,(H,2,3,4)(H,5,6,7);;/q;;;2*+3/p-6. The first-order chi connectivity index (χ1) is 11.1. The predicted molar refractivity (Wildman–Crippen MR) is 72.8 cm³/mol. The maximum atomic E-state index is 9.51. The summed E-state index contributed by atoms with van der Waals surface area (Å²) in [6, 6.07) is 0. The Kier molecular flexibility index (Phi) is 21.7. The second-order valence-corrected chi connectivity index (χ2v) is 13.2. The smallest absolute Gasteiger partial charge is 0.747 e. The molecule has 0 fully saturated rings. The Hall–Kier alpha value is 2.19. The summed E-state index contributed by atoms with van der Waals surface area (Å²) in [5.41, 5.74) is 0. The van der Waals surface area contributed by atoms with Crippen molar-refractivity contribution in [2.45, 2.75) is 0 Å². The molecule has 0 aliphatic heterocycles. The molecule has 0 heterocycles. The second kappa shape index (κ2) is 15.2. The maximum Gasteiger partial charge on any atom is 3.00 e. The molecule has 0 atom stereocenters. The fourth-order valence-electron chi connectivity index (χ4n) is 0.530. The van der Waals surface area contributed by atoms with Crippen LogP contribution in [0.25, 0.3) is 0 Å². The summed E-state index contributed by atoms with van der Waals surface area (Å²) in [6.45, 7) is 0. The van der Waals surface area contributed by atoms with Crippen LogP contribution in [-0.2, 0) is 60.7 Å². The van der Waals surface area contributed by atoms with E-state index in [-0.39, 0.29) is 82.6 Å². The molecule has 0 N–H and O–H groups in total. The molecule has 0 aromatic rings. The van der Waals surface area contributed by atoms with Gasteiger partial charge in [0.2, 0.25) is 0 Å². The minimum absolute atomic E-state index is 0. The van der Waals surface area contributed by atoms with Crippen LogP contribution in [0.1, 0.15) is 0 Å². The molecule has 0 rings (SSSR count). The second-order valence-electron chi connectivity index (χ2n) is 3.70. The molecule has 0 spiro atoms. The molecule has 0 amide bonds. The summed E-state index contributed by atoms with van der Waals surface area (Å²) < 4.78 is 171. The van der Waals surface area contributed by atoms with Crippen molar-refractivity contribution in [2.24, 2.45) is 0 Å². The van der Waals surface area contributed by atoms with Crippen LogP contribution in [0.15, 0.2) is 0 Å². The van der Waals surface area contributed by atoms with Gasteiger partial charge in [-0.1, -0.05) is 0 Å². The quantitative estimate of drug-likeness (QED) is 0.226. The van der Waals surface area contributed by atoms with Gasteiger partial charge in [-0.25, -0.2) is 50.5 Å². The molecule has 0 aromatic heterocycles. The van der Waals surface area contributed by atoms with E-state index in [4.69, 9.17) is 0 Å². The molecule has 0 saturated carbocycles. The molecule has 0 bridgehead atoms. The van der Waals surface area contributed by atoms with Gasteiger partial charge in [0.25, 0.3) is 0 Å². The van der Waals surface area contributed by atoms with Crippen LogP contribution < -0.4 is 0 Å². The first kappa shape index (κ1) is 41.4. The van der Waals surface area contributed by atoms with E-state index in [2.05, 4.69) is 0 Å². The van der Waals surface area contributed by atoms with Crippen molar-refractivity contribution in [3.05, 3.63) is 0 Å². The van der Waals surface area contributed by atoms with Crippen LogP contribution in [0.3, 0.4) is 0 Å². The third-order valence-electron chi connectivity index (χ3n) is 0.866. The molecular formula is C3H6O18Pr2S6. The first-order valence-electron chi connectivity index (χ1n) is 4.73. The van der Waals surface area contributed by atoms with Gasteiger partial charge in [-0.2, -0.15) is 0 Å². The van der Waals surface area contributed by atoms with Crippen molar-refractivity contribution in [1.82, 2.24) is 0 Å². The Bertz CT molecular complexity index is 866. The zero-order chi connectivity index (χ0) is 23.1. The summed E-state index contributed by atoms with van der Waals surface area (Å²) in [7, 11) is -29.6. The van der Waals surface area contributed by atoms with E-state index in [1.54, 1.807) is 0 Å². The molecule has 29 heavy (non-hydrogen) atoms. The number of rotatable bonds is 6. The van der Waals surface area contributed by atoms with Gasteiger partial charge in [-0.15, -0.1) is 0 Å². The molecular weight excluding hydrogens is 798 g/mol. The molecule has 0 aliphatic rings. The Balaban J connectivity index is -0.0000000960. The van der Waals surface area contributed by atoms with Gasteiger partial charge in [0.1, 0.15) is 76.0 Å². The molecule has 0 unspecified atom stereocenters. The molecule has 168 valence electrons. The minimum Gasteiger partial charge on any atom is -0.747 e. The van der Waals surface area contributed by atoms with Gasteiger partial charge in [0.05, 0.1) is 0 Å². The molecule has 0 aromatic carbocycles. The van der Waals surface area contributed by atoms with Crippen LogP contribution in [0.5, 0.6) is 0 Å². The Morgan fingerprint density at radius 3 is 0.379 bits per heavy atom. The van der Waals surface area contributed by atoms with Gasteiger partial charge in [0, 0.05) is 0 Å². The van der Waals surface area contributed by atoms with Crippen molar-refractivity contribution in [1.29, 1.82) is 0 Å². The monoisotopic (exact) mass is 804 g/mol. The van der Waals surface area contributed by atoms with E-state index in [9.17, 15) is 77.8 Å². The van der Waals surface area contributed by atoms with Crippen LogP contribution in [0.4, 0.5) is 0 Å². The van der Waals surface area contributed by atoms with E-state index < -0.39 is 76.0 Å². The van der Waals surface area contributed by atoms with Crippen LogP contribution in [0.2, 0.25) is 0 Å². The zero-order valence-electron chi connectivity index (χ0n) is 13.1.